The second kappa shape index (κ2) is 10.6. The summed E-state index contributed by atoms with van der Waals surface area (Å²) >= 11 is 0. The van der Waals surface area contributed by atoms with Gasteiger partial charge in [-0.3, -0.25) is 4.90 Å². The number of carbonyl (C=O) groups excluding carboxylic acids is 2. The van der Waals surface area contributed by atoms with E-state index in [1.807, 2.05) is 6.07 Å². The Bertz CT molecular complexity index is 1240. The maximum Gasteiger partial charge on any atom is 0.387 e. The third-order valence-electron chi connectivity index (χ3n) is 5.24. The Morgan fingerprint density at radius 2 is 1.69 bits per heavy atom. The van der Waals surface area contributed by atoms with Crippen LogP contribution < -0.4 is 20.1 Å². The Kier molecular flexibility index (Phi) is 7.56. The Hall–Kier alpha value is -4.59. The van der Waals surface area contributed by atoms with Crippen molar-refractivity contribution in [1.29, 1.82) is 5.26 Å². The van der Waals surface area contributed by atoms with Crippen LogP contribution in [-0.4, -0.2) is 39.9 Å². The fourth-order valence-electron chi connectivity index (χ4n) is 3.81. The van der Waals surface area contributed by atoms with Gasteiger partial charge in [-0.2, -0.15) is 14.0 Å². The standard InChI is InChI=1S/C24H21F2N3O6/c1-32-16-11-7-10-15(20(16)35-24(25)26)29-19(23(31)34-3)18(22(30)33-2)17(14(12-27)21(29)28)13-8-5-4-6-9-13/h4-11,17,24H,28H2,1-3H3. The van der Waals surface area contributed by atoms with Gasteiger partial charge >= 0.3 is 18.6 Å². The topological polar surface area (TPSA) is 124 Å². The molecule has 182 valence electrons. The summed E-state index contributed by atoms with van der Waals surface area (Å²) in [6.07, 6.45) is 0. The summed E-state index contributed by atoms with van der Waals surface area (Å²) in [4.78, 5) is 27.1. The van der Waals surface area contributed by atoms with E-state index in [9.17, 15) is 23.6 Å². The van der Waals surface area contributed by atoms with Gasteiger partial charge in [-0.1, -0.05) is 36.4 Å². The number of nitrogens with zero attached hydrogens (tertiary/aromatic N) is 2. The lowest BCUT2D eigenvalue weighted by Gasteiger charge is -2.36. The number of para-hydroxylation sites is 1. The van der Waals surface area contributed by atoms with Crippen LogP contribution >= 0.6 is 0 Å². The number of anilines is 1. The second-order valence-electron chi connectivity index (χ2n) is 7.02. The van der Waals surface area contributed by atoms with Crippen LogP contribution in [0.1, 0.15) is 11.5 Å². The molecular weight excluding hydrogens is 464 g/mol. The molecule has 0 bridgehead atoms. The third kappa shape index (κ3) is 4.59. The van der Waals surface area contributed by atoms with E-state index in [1.54, 1.807) is 30.3 Å². The number of nitrogens with two attached hydrogens (primary N) is 1. The quantitative estimate of drug-likeness (QED) is 0.589. The highest BCUT2D eigenvalue weighted by molar-refractivity contribution is 6.06. The second-order valence-corrected chi connectivity index (χ2v) is 7.02. The van der Waals surface area contributed by atoms with Gasteiger partial charge in [0.1, 0.15) is 11.5 Å². The zero-order chi connectivity index (χ0) is 25.7. The van der Waals surface area contributed by atoms with Crippen molar-refractivity contribution in [2.75, 3.05) is 26.2 Å². The highest BCUT2D eigenvalue weighted by Crippen LogP contribution is 2.47. The molecule has 0 fully saturated rings. The number of hydrogen-bond acceptors (Lipinski definition) is 9. The van der Waals surface area contributed by atoms with Gasteiger partial charge in [0, 0.05) is 0 Å². The Morgan fingerprint density at radius 1 is 1.03 bits per heavy atom. The Labute approximate surface area is 199 Å². The van der Waals surface area contributed by atoms with Crippen LogP contribution in [0, 0.1) is 11.3 Å². The van der Waals surface area contributed by atoms with Crippen LogP contribution in [0.3, 0.4) is 0 Å². The number of ether oxygens (including phenoxy) is 4. The monoisotopic (exact) mass is 485 g/mol. The van der Waals surface area contributed by atoms with E-state index in [-0.39, 0.29) is 28.4 Å². The van der Waals surface area contributed by atoms with E-state index in [2.05, 4.69) is 4.74 Å². The molecule has 1 unspecified atom stereocenters. The van der Waals surface area contributed by atoms with Gasteiger partial charge < -0.3 is 24.7 Å². The van der Waals surface area contributed by atoms with Crippen LogP contribution in [0.4, 0.5) is 14.5 Å². The minimum absolute atomic E-state index is 0.108. The predicted molar refractivity (Wildman–Crippen MR) is 119 cm³/mol. The van der Waals surface area contributed by atoms with Crippen molar-refractivity contribution >= 4 is 17.6 Å². The van der Waals surface area contributed by atoms with Crippen molar-refractivity contribution < 1.29 is 37.3 Å². The lowest BCUT2D eigenvalue weighted by molar-refractivity contribution is -0.139. The zero-order valence-corrected chi connectivity index (χ0v) is 19.0. The number of methoxy groups -OCH3 is 3. The lowest BCUT2D eigenvalue weighted by Crippen LogP contribution is -2.41. The molecule has 1 atom stereocenters. The summed E-state index contributed by atoms with van der Waals surface area (Å²) in [6.45, 7) is -3.27. The van der Waals surface area contributed by atoms with Gasteiger partial charge in [0.05, 0.1) is 50.2 Å². The summed E-state index contributed by atoms with van der Waals surface area (Å²) in [6, 6.07) is 14.4. The van der Waals surface area contributed by atoms with E-state index in [1.165, 1.54) is 25.3 Å². The number of benzene rings is 2. The van der Waals surface area contributed by atoms with Crippen molar-refractivity contribution in [2.45, 2.75) is 12.5 Å². The number of rotatable bonds is 7. The van der Waals surface area contributed by atoms with E-state index < -0.39 is 35.9 Å². The smallest absolute Gasteiger partial charge is 0.387 e. The average Bonchev–Trinajstić information content (AvgIpc) is 2.87. The largest absolute Gasteiger partial charge is 0.493 e. The molecule has 0 saturated carbocycles. The molecule has 0 spiro atoms. The molecule has 9 nitrogen and oxygen atoms in total. The molecule has 0 aromatic heterocycles. The summed E-state index contributed by atoms with van der Waals surface area (Å²) in [5.74, 6) is -3.98. The lowest BCUT2D eigenvalue weighted by atomic mass is 9.81. The molecule has 0 radical (unpaired) electrons. The summed E-state index contributed by atoms with van der Waals surface area (Å²) in [5, 5.41) is 10.0. The molecular formula is C24H21F2N3O6. The highest BCUT2D eigenvalue weighted by Gasteiger charge is 2.44. The molecule has 2 aromatic rings. The number of esters is 2. The number of carbonyl (C=O) groups is 2. The molecule has 1 aliphatic heterocycles. The van der Waals surface area contributed by atoms with Crippen LogP contribution in [0.25, 0.3) is 0 Å². The van der Waals surface area contributed by atoms with Crippen LogP contribution in [0.15, 0.2) is 71.2 Å². The fourth-order valence-corrected chi connectivity index (χ4v) is 3.81. The van der Waals surface area contributed by atoms with E-state index in [4.69, 9.17) is 19.9 Å². The molecule has 11 heteroatoms. The minimum atomic E-state index is -3.27. The average molecular weight is 485 g/mol. The van der Waals surface area contributed by atoms with E-state index >= 15 is 0 Å². The van der Waals surface area contributed by atoms with Crippen molar-refractivity contribution in [1.82, 2.24) is 0 Å². The maximum absolute atomic E-state index is 13.3. The van der Waals surface area contributed by atoms with Crippen LogP contribution in [0.5, 0.6) is 11.5 Å². The first kappa shape index (κ1) is 25.0. The highest BCUT2D eigenvalue weighted by atomic mass is 19.3. The van der Waals surface area contributed by atoms with Gasteiger partial charge in [-0.15, -0.1) is 0 Å². The molecule has 35 heavy (non-hydrogen) atoms. The molecule has 3 rings (SSSR count). The number of allylic oxidation sites excluding steroid dienone is 1. The molecule has 1 heterocycles. The SMILES string of the molecule is COC(=O)C1=C(C(=O)OC)N(c2cccc(OC)c2OC(F)F)C(N)=C(C#N)C1c1ccccc1. The third-order valence-corrected chi connectivity index (χ3v) is 5.24. The summed E-state index contributed by atoms with van der Waals surface area (Å²) < 4.78 is 46.3. The predicted octanol–water partition coefficient (Wildman–Crippen LogP) is 3.19. The molecule has 2 N–H and O–H groups in total. The first-order chi connectivity index (χ1) is 16.8. The first-order valence-corrected chi connectivity index (χ1v) is 10.1. The summed E-state index contributed by atoms with van der Waals surface area (Å²) in [7, 11) is 3.40. The molecule has 0 aliphatic carbocycles. The van der Waals surface area contributed by atoms with Gasteiger partial charge in [0.2, 0.25) is 0 Å². The molecule has 0 amide bonds. The van der Waals surface area contributed by atoms with Gasteiger partial charge in [0.25, 0.3) is 0 Å². The van der Waals surface area contributed by atoms with Gasteiger partial charge in [-0.25, -0.2) is 9.59 Å². The van der Waals surface area contributed by atoms with Crippen LogP contribution in [-0.2, 0) is 19.1 Å². The maximum atomic E-state index is 13.3. The number of halogens is 2. The molecule has 2 aromatic carbocycles. The molecule has 0 saturated heterocycles. The fraction of sp³-hybridized carbons (Fsp3) is 0.208. The summed E-state index contributed by atoms with van der Waals surface area (Å²) in [5.41, 5.74) is 5.81. The van der Waals surface area contributed by atoms with Crippen LogP contribution in [0.2, 0.25) is 0 Å². The van der Waals surface area contributed by atoms with Crippen molar-refractivity contribution in [3.63, 3.8) is 0 Å². The van der Waals surface area contributed by atoms with Crippen molar-refractivity contribution in [3.05, 3.63) is 76.8 Å². The first-order valence-electron chi connectivity index (χ1n) is 10.1. The number of hydrogen-bond donors (Lipinski definition) is 1. The van der Waals surface area contributed by atoms with E-state index in [0.717, 1.165) is 19.1 Å². The van der Waals surface area contributed by atoms with Crippen molar-refractivity contribution in [2.24, 2.45) is 5.73 Å². The van der Waals surface area contributed by atoms with Gasteiger partial charge in [-0.05, 0) is 17.7 Å². The normalized spacial score (nSPS) is 15.6. The zero-order valence-electron chi connectivity index (χ0n) is 19.0. The Morgan fingerprint density at radius 3 is 2.23 bits per heavy atom. The number of nitriles is 1. The van der Waals surface area contributed by atoms with E-state index in [0.29, 0.717) is 5.56 Å². The van der Waals surface area contributed by atoms with Gasteiger partial charge in [0.15, 0.2) is 11.5 Å². The minimum Gasteiger partial charge on any atom is -0.493 e. The molecule has 1 aliphatic rings. The Balaban J connectivity index is 2.46. The van der Waals surface area contributed by atoms with Crippen molar-refractivity contribution in [3.8, 4) is 17.6 Å². The number of alkyl halides is 2.